The summed E-state index contributed by atoms with van der Waals surface area (Å²) >= 11 is 4.84. The minimum atomic E-state index is 0.0819. The van der Waals surface area contributed by atoms with Crippen molar-refractivity contribution in [3.05, 3.63) is 22.4 Å². The lowest BCUT2D eigenvalue weighted by molar-refractivity contribution is -0.117. The molecule has 2 heterocycles. The number of hydrogen-bond donors (Lipinski definition) is 1. The lowest BCUT2D eigenvalue weighted by Gasteiger charge is -1.97. The average molecular weight is 311 g/mol. The minimum Gasteiger partial charge on any atom is -0.300 e. The standard InChI is InChI=1S/C12H13N3OS3/c1-7-5-9(7)10(16)13-11-14-15-12(19-11)18-6-8-3-2-4-17-8/h2-4,7,9H,5-6H2,1H3,(H,13,14,16). The number of hydrogen-bond acceptors (Lipinski definition) is 6. The second-order valence-electron chi connectivity index (χ2n) is 4.55. The summed E-state index contributed by atoms with van der Waals surface area (Å²) in [4.78, 5) is 13.1. The fourth-order valence-electron chi connectivity index (χ4n) is 1.73. The molecule has 7 heteroatoms. The summed E-state index contributed by atoms with van der Waals surface area (Å²) in [7, 11) is 0. The molecule has 19 heavy (non-hydrogen) atoms. The Morgan fingerprint density at radius 1 is 1.58 bits per heavy atom. The molecule has 100 valence electrons. The molecule has 1 amide bonds. The fraction of sp³-hybridized carbons (Fsp3) is 0.417. The van der Waals surface area contributed by atoms with E-state index in [1.54, 1.807) is 23.1 Å². The molecule has 1 fully saturated rings. The molecule has 2 aromatic rings. The molecular weight excluding hydrogens is 298 g/mol. The first-order valence-corrected chi connectivity index (χ1v) is 8.70. The minimum absolute atomic E-state index is 0.0819. The van der Waals surface area contributed by atoms with Gasteiger partial charge < -0.3 is 5.32 Å². The largest absolute Gasteiger partial charge is 0.300 e. The third-order valence-electron chi connectivity index (χ3n) is 3.00. The van der Waals surface area contributed by atoms with Crippen molar-refractivity contribution < 1.29 is 4.79 Å². The Morgan fingerprint density at radius 3 is 3.11 bits per heavy atom. The molecule has 1 saturated carbocycles. The van der Waals surface area contributed by atoms with E-state index in [2.05, 4.69) is 33.9 Å². The number of aromatic nitrogens is 2. The molecule has 0 spiro atoms. The monoisotopic (exact) mass is 311 g/mol. The van der Waals surface area contributed by atoms with Gasteiger partial charge in [0.15, 0.2) is 4.34 Å². The van der Waals surface area contributed by atoms with Crippen LogP contribution in [0.2, 0.25) is 0 Å². The molecule has 3 rings (SSSR count). The van der Waals surface area contributed by atoms with E-state index in [4.69, 9.17) is 0 Å². The zero-order valence-electron chi connectivity index (χ0n) is 10.3. The van der Waals surface area contributed by atoms with Crippen LogP contribution in [-0.2, 0) is 10.5 Å². The molecule has 2 unspecified atom stereocenters. The van der Waals surface area contributed by atoms with Gasteiger partial charge in [-0.3, -0.25) is 4.79 Å². The van der Waals surface area contributed by atoms with Crippen molar-refractivity contribution in [2.45, 2.75) is 23.4 Å². The van der Waals surface area contributed by atoms with E-state index in [9.17, 15) is 4.79 Å². The number of carbonyl (C=O) groups is 1. The maximum Gasteiger partial charge on any atom is 0.229 e. The van der Waals surface area contributed by atoms with Gasteiger partial charge in [0.05, 0.1) is 0 Å². The molecule has 1 aliphatic rings. The summed E-state index contributed by atoms with van der Waals surface area (Å²) in [5.74, 6) is 1.67. The maximum atomic E-state index is 11.8. The molecule has 0 radical (unpaired) electrons. The number of nitrogens with one attached hydrogen (secondary N) is 1. The van der Waals surface area contributed by atoms with E-state index in [-0.39, 0.29) is 11.8 Å². The van der Waals surface area contributed by atoms with Gasteiger partial charge in [-0.2, -0.15) is 0 Å². The van der Waals surface area contributed by atoms with Gasteiger partial charge in [0, 0.05) is 16.5 Å². The van der Waals surface area contributed by atoms with E-state index >= 15 is 0 Å². The van der Waals surface area contributed by atoms with Crippen molar-refractivity contribution in [3.63, 3.8) is 0 Å². The number of amides is 1. The van der Waals surface area contributed by atoms with Crippen molar-refractivity contribution in [2.24, 2.45) is 11.8 Å². The van der Waals surface area contributed by atoms with Gasteiger partial charge in [0.2, 0.25) is 11.0 Å². The van der Waals surface area contributed by atoms with E-state index in [1.165, 1.54) is 16.2 Å². The van der Waals surface area contributed by atoms with Crippen molar-refractivity contribution in [1.29, 1.82) is 0 Å². The van der Waals surface area contributed by atoms with Gasteiger partial charge in [-0.1, -0.05) is 36.1 Å². The van der Waals surface area contributed by atoms with E-state index in [0.29, 0.717) is 11.0 Å². The number of nitrogens with zero attached hydrogens (tertiary/aromatic N) is 2. The van der Waals surface area contributed by atoms with Crippen LogP contribution in [-0.4, -0.2) is 16.1 Å². The molecule has 1 aliphatic carbocycles. The topological polar surface area (TPSA) is 54.9 Å². The molecule has 4 nitrogen and oxygen atoms in total. The molecular formula is C12H13N3OS3. The second kappa shape index (κ2) is 5.60. The van der Waals surface area contributed by atoms with Gasteiger partial charge >= 0.3 is 0 Å². The zero-order valence-corrected chi connectivity index (χ0v) is 12.8. The lowest BCUT2D eigenvalue weighted by Crippen LogP contribution is -2.14. The summed E-state index contributed by atoms with van der Waals surface area (Å²) in [5, 5.41) is 13.6. The van der Waals surface area contributed by atoms with Gasteiger partial charge in [-0.05, 0) is 23.8 Å². The quantitative estimate of drug-likeness (QED) is 0.678. The van der Waals surface area contributed by atoms with Crippen LogP contribution in [0.5, 0.6) is 0 Å². The number of anilines is 1. The van der Waals surface area contributed by atoms with Crippen LogP contribution in [0.1, 0.15) is 18.2 Å². The Balaban J connectivity index is 1.52. The molecule has 1 N–H and O–H groups in total. The van der Waals surface area contributed by atoms with E-state index < -0.39 is 0 Å². The van der Waals surface area contributed by atoms with Crippen molar-refractivity contribution in [3.8, 4) is 0 Å². The summed E-state index contributed by atoms with van der Waals surface area (Å²) in [5.41, 5.74) is 0. The lowest BCUT2D eigenvalue weighted by atomic mass is 10.3. The molecule has 0 bridgehead atoms. The van der Waals surface area contributed by atoms with Crippen molar-refractivity contribution in [1.82, 2.24) is 10.2 Å². The normalized spacial score (nSPS) is 21.3. The Kier molecular flexibility index (Phi) is 3.86. The smallest absolute Gasteiger partial charge is 0.229 e. The highest BCUT2D eigenvalue weighted by Gasteiger charge is 2.39. The van der Waals surface area contributed by atoms with Crippen molar-refractivity contribution in [2.75, 3.05) is 5.32 Å². The van der Waals surface area contributed by atoms with Crippen LogP contribution >= 0.6 is 34.4 Å². The van der Waals surface area contributed by atoms with Gasteiger partial charge in [0.25, 0.3) is 0 Å². The fourth-order valence-corrected chi connectivity index (χ4v) is 4.26. The third kappa shape index (κ3) is 3.34. The second-order valence-corrected chi connectivity index (χ2v) is 7.78. The summed E-state index contributed by atoms with van der Waals surface area (Å²) in [6.45, 7) is 2.09. The number of carbonyl (C=O) groups excluding carboxylic acids is 1. The number of thioether (sulfide) groups is 1. The van der Waals surface area contributed by atoms with E-state index in [1.807, 2.05) is 6.07 Å². The van der Waals surface area contributed by atoms with Crippen LogP contribution in [0.4, 0.5) is 5.13 Å². The van der Waals surface area contributed by atoms with Gasteiger partial charge in [-0.25, -0.2) is 0 Å². The van der Waals surface area contributed by atoms with Crippen LogP contribution in [0.15, 0.2) is 21.9 Å². The SMILES string of the molecule is CC1CC1C(=O)Nc1nnc(SCc2cccs2)s1. The predicted octanol–water partition coefficient (Wildman–Crippen LogP) is 3.49. The zero-order chi connectivity index (χ0) is 13.2. The Labute approximate surface area is 123 Å². The van der Waals surface area contributed by atoms with Crippen molar-refractivity contribution >= 4 is 45.5 Å². The Bertz CT molecular complexity index is 567. The van der Waals surface area contributed by atoms with E-state index in [0.717, 1.165) is 16.5 Å². The summed E-state index contributed by atoms with van der Waals surface area (Å²) < 4.78 is 0.896. The number of thiophene rings is 1. The maximum absolute atomic E-state index is 11.8. The van der Waals surface area contributed by atoms with Gasteiger partial charge in [-0.15, -0.1) is 21.5 Å². The Morgan fingerprint density at radius 2 is 2.42 bits per heavy atom. The summed E-state index contributed by atoms with van der Waals surface area (Å²) in [6, 6.07) is 4.15. The predicted molar refractivity (Wildman–Crippen MR) is 79.7 cm³/mol. The first kappa shape index (κ1) is 13.1. The molecule has 0 saturated heterocycles. The highest BCUT2D eigenvalue weighted by atomic mass is 32.2. The van der Waals surface area contributed by atoms with Crippen LogP contribution in [0.25, 0.3) is 0 Å². The van der Waals surface area contributed by atoms with Crippen LogP contribution in [0, 0.1) is 11.8 Å². The first-order chi connectivity index (χ1) is 9.22. The third-order valence-corrected chi connectivity index (χ3v) is 6.08. The first-order valence-electron chi connectivity index (χ1n) is 6.02. The molecule has 0 aromatic carbocycles. The number of rotatable bonds is 5. The highest BCUT2D eigenvalue weighted by molar-refractivity contribution is 8.00. The molecule has 2 aromatic heterocycles. The average Bonchev–Trinajstić information content (AvgIpc) is 2.85. The Hall–Kier alpha value is -0.920. The summed E-state index contributed by atoms with van der Waals surface area (Å²) in [6.07, 6.45) is 0.991. The highest BCUT2D eigenvalue weighted by Crippen LogP contribution is 2.39. The van der Waals surface area contributed by atoms with Gasteiger partial charge in [0.1, 0.15) is 0 Å². The van der Waals surface area contributed by atoms with Crippen LogP contribution in [0.3, 0.4) is 0 Å². The molecule has 0 aliphatic heterocycles. The molecule has 2 atom stereocenters. The van der Waals surface area contributed by atoms with Crippen LogP contribution < -0.4 is 5.32 Å².